The molecule has 0 bridgehead atoms. The first-order valence-corrected chi connectivity index (χ1v) is 6.40. The van der Waals surface area contributed by atoms with Crippen LogP contribution in [-0.2, 0) is 0 Å². The maximum Gasteiger partial charge on any atom is 0.395 e. The molecular formula is C15H13F3N2O2. The van der Waals surface area contributed by atoms with Crippen LogP contribution in [0.25, 0.3) is 0 Å². The average molecular weight is 310 g/mol. The minimum atomic E-state index is -4.32. The molecule has 1 amide bonds. The molecule has 0 spiro atoms. The molecule has 4 nitrogen and oxygen atoms in total. The van der Waals surface area contributed by atoms with Crippen molar-refractivity contribution in [2.45, 2.75) is 19.0 Å². The lowest BCUT2D eigenvalue weighted by Gasteiger charge is -2.16. The van der Waals surface area contributed by atoms with Crippen LogP contribution < -0.4 is 5.32 Å². The summed E-state index contributed by atoms with van der Waals surface area (Å²) in [5.74, 6) is -1.90. The number of carbonyl (C=O) groups is 1. The number of nitrogens with zero attached hydrogens (tertiary/aromatic N) is 1. The summed E-state index contributed by atoms with van der Waals surface area (Å²) < 4.78 is 37.8. The molecule has 0 aliphatic heterocycles. The molecule has 2 aromatic rings. The van der Waals surface area contributed by atoms with Crippen molar-refractivity contribution >= 4 is 11.7 Å². The molecule has 1 heterocycles. The molecule has 1 atom stereocenters. The number of hydrogen-bond acceptors (Lipinski definition) is 3. The number of aromatic hydroxyl groups is 1. The van der Waals surface area contributed by atoms with E-state index in [4.69, 9.17) is 5.11 Å². The molecule has 116 valence electrons. The molecule has 22 heavy (non-hydrogen) atoms. The summed E-state index contributed by atoms with van der Waals surface area (Å²) in [7, 11) is 0. The fourth-order valence-electron chi connectivity index (χ4n) is 1.76. The predicted molar refractivity (Wildman–Crippen MR) is 74.8 cm³/mol. The lowest BCUT2D eigenvalue weighted by atomic mass is 9.99. The summed E-state index contributed by atoms with van der Waals surface area (Å²) in [5, 5.41) is 11.6. The normalized spacial score (nSPS) is 12.7. The number of alkyl halides is 3. The van der Waals surface area contributed by atoms with Crippen molar-refractivity contribution in [3.05, 3.63) is 53.7 Å². The Bertz CT molecular complexity index is 652. The van der Waals surface area contributed by atoms with Crippen molar-refractivity contribution in [3.8, 4) is 5.75 Å². The fourth-order valence-corrected chi connectivity index (χ4v) is 1.76. The first kappa shape index (κ1) is 15.8. The third kappa shape index (κ3) is 3.75. The van der Waals surface area contributed by atoms with Crippen molar-refractivity contribution in [1.29, 1.82) is 0 Å². The van der Waals surface area contributed by atoms with E-state index in [0.717, 1.165) is 6.92 Å². The van der Waals surface area contributed by atoms with E-state index in [9.17, 15) is 18.0 Å². The van der Waals surface area contributed by atoms with Crippen LogP contribution in [0.4, 0.5) is 19.0 Å². The molecule has 0 saturated heterocycles. The van der Waals surface area contributed by atoms with E-state index in [1.165, 1.54) is 42.6 Å². The third-order valence-electron chi connectivity index (χ3n) is 3.15. The van der Waals surface area contributed by atoms with Crippen molar-refractivity contribution in [1.82, 2.24) is 4.98 Å². The molecule has 2 N–H and O–H groups in total. The van der Waals surface area contributed by atoms with Crippen LogP contribution in [0.2, 0.25) is 0 Å². The van der Waals surface area contributed by atoms with E-state index in [-0.39, 0.29) is 22.7 Å². The molecule has 0 saturated carbocycles. The summed E-state index contributed by atoms with van der Waals surface area (Å²) in [6.07, 6.45) is -3.15. The van der Waals surface area contributed by atoms with Gasteiger partial charge >= 0.3 is 6.18 Å². The number of nitrogens with one attached hydrogen (secondary N) is 1. The van der Waals surface area contributed by atoms with Crippen LogP contribution in [0.15, 0.2) is 42.6 Å². The molecule has 1 aromatic carbocycles. The summed E-state index contributed by atoms with van der Waals surface area (Å²) in [6.45, 7) is 1.06. The zero-order valence-electron chi connectivity index (χ0n) is 11.6. The predicted octanol–water partition coefficient (Wildman–Crippen LogP) is 3.71. The van der Waals surface area contributed by atoms with Gasteiger partial charge in [-0.3, -0.25) is 4.79 Å². The number of anilines is 1. The Labute approximate surface area is 124 Å². The van der Waals surface area contributed by atoms with E-state index < -0.39 is 18.0 Å². The second kappa shape index (κ2) is 6.05. The summed E-state index contributed by atoms with van der Waals surface area (Å²) >= 11 is 0. The number of carbonyl (C=O) groups excluding carboxylic acids is 1. The van der Waals surface area contributed by atoms with Crippen LogP contribution in [0.1, 0.15) is 28.8 Å². The van der Waals surface area contributed by atoms with Gasteiger partial charge in [0.2, 0.25) is 0 Å². The van der Waals surface area contributed by atoms with Crippen LogP contribution in [0, 0.1) is 0 Å². The minimum absolute atomic E-state index is 0.0384. The molecule has 2 rings (SSSR count). The van der Waals surface area contributed by atoms with Gasteiger partial charge in [0.05, 0.1) is 12.1 Å². The van der Waals surface area contributed by atoms with Gasteiger partial charge in [-0.2, -0.15) is 13.2 Å². The first-order chi connectivity index (χ1) is 10.3. The average Bonchev–Trinajstić information content (AvgIpc) is 2.48. The van der Waals surface area contributed by atoms with Crippen LogP contribution in [-0.4, -0.2) is 22.2 Å². The standard InChI is InChI=1S/C15H13F3N2O2/c1-9(15(16,17)18)10-2-4-11(5-3-10)14(22)20-13-7-6-12(21)8-19-13/h2-9,21H,1H3,(H,19,20,22). The lowest BCUT2D eigenvalue weighted by molar-refractivity contribution is -0.146. The molecule has 7 heteroatoms. The topological polar surface area (TPSA) is 62.2 Å². The van der Waals surface area contributed by atoms with Crippen molar-refractivity contribution in [2.75, 3.05) is 5.32 Å². The highest BCUT2D eigenvalue weighted by Crippen LogP contribution is 2.34. The second-order valence-electron chi connectivity index (χ2n) is 4.74. The van der Waals surface area contributed by atoms with Gasteiger partial charge in [-0.1, -0.05) is 12.1 Å². The number of amides is 1. The summed E-state index contributed by atoms with van der Waals surface area (Å²) in [6, 6.07) is 7.97. The number of rotatable bonds is 3. The van der Waals surface area contributed by atoms with Gasteiger partial charge in [0.15, 0.2) is 0 Å². The Morgan fingerprint density at radius 3 is 2.32 bits per heavy atom. The Morgan fingerprint density at radius 2 is 1.82 bits per heavy atom. The molecule has 0 aliphatic rings. The van der Waals surface area contributed by atoms with Gasteiger partial charge in [0, 0.05) is 5.56 Å². The molecular weight excluding hydrogens is 297 g/mol. The number of hydrogen-bond donors (Lipinski definition) is 2. The van der Waals surface area contributed by atoms with E-state index in [1.54, 1.807) is 0 Å². The lowest BCUT2D eigenvalue weighted by Crippen LogP contribution is -2.18. The Kier molecular flexibility index (Phi) is 4.35. The second-order valence-corrected chi connectivity index (χ2v) is 4.74. The quantitative estimate of drug-likeness (QED) is 0.908. The molecule has 0 fully saturated rings. The van der Waals surface area contributed by atoms with Gasteiger partial charge in [0.1, 0.15) is 11.6 Å². The highest BCUT2D eigenvalue weighted by molar-refractivity contribution is 6.03. The van der Waals surface area contributed by atoms with Crippen LogP contribution >= 0.6 is 0 Å². The van der Waals surface area contributed by atoms with E-state index in [0.29, 0.717) is 0 Å². The van der Waals surface area contributed by atoms with Gasteiger partial charge in [-0.25, -0.2) is 4.98 Å². The Balaban J connectivity index is 2.10. The number of pyridine rings is 1. The Morgan fingerprint density at radius 1 is 1.18 bits per heavy atom. The third-order valence-corrected chi connectivity index (χ3v) is 3.15. The maximum absolute atomic E-state index is 12.6. The SMILES string of the molecule is CC(c1ccc(C(=O)Nc2ccc(O)cn2)cc1)C(F)(F)F. The van der Waals surface area contributed by atoms with E-state index in [1.807, 2.05) is 0 Å². The monoisotopic (exact) mass is 310 g/mol. The van der Waals surface area contributed by atoms with Crippen LogP contribution in [0.5, 0.6) is 5.75 Å². The molecule has 0 radical (unpaired) electrons. The molecule has 0 aliphatic carbocycles. The van der Waals surface area contributed by atoms with Crippen molar-refractivity contribution < 1.29 is 23.1 Å². The zero-order chi connectivity index (χ0) is 16.3. The smallest absolute Gasteiger partial charge is 0.395 e. The van der Waals surface area contributed by atoms with Crippen molar-refractivity contribution in [3.63, 3.8) is 0 Å². The molecule has 1 unspecified atom stereocenters. The highest BCUT2D eigenvalue weighted by Gasteiger charge is 2.36. The largest absolute Gasteiger partial charge is 0.506 e. The minimum Gasteiger partial charge on any atom is -0.506 e. The number of aromatic nitrogens is 1. The summed E-state index contributed by atoms with van der Waals surface area (Å²) in [5.41, 5.74) is 0.305. The van der Waals surface area contributed by atoms with Crippen molar-refractivity contribution in [2.24, 2.45) is 0 Å². The van der Waals surface area contributed by atoms with Crippen LogP contribution in [0.3, 0.4) is 0 Å². The zero-order valence-corrected chi connectivity index (χ0v) is 11.6. The van der Waals surface area contributed by atoms with Gasteiger partial charge in [-0.05, 0) is 36.8 Å². The fraction of sp³-hybridized carbons (Fsp3) is 0.200. The first-order valence-electron chi connectivity index (χ1n) is 6.40. The highest BCUT2D eigenvalue weighted by atomic mass is 19.4. The molecule has 1 aromatic heterocycles. The van der Waals surface area contributed by atoms with E-state index >= 15 is 0 Å². The Hall–Kier alpha value is -2.57. The maximum atomic E-state index is 12.6. The van der Waals surface area contributed by atoms with Gasteiger partial charge in [-0.15, -0.1) is 0 Å². The summed E-state index contributed by atoms with van der Waals surface area (Å²) in [4.78, 5) is 15.7. The van der Waals surface area contributed by atoms with Gasteiger partial charge in [0.25, 0.3) is 5.91 Å². The van der Waals surface area contributed by atoms with Gasteiger partial charge < -0.3 is 10.4 Å². The van der Waals surface area contributed by atoms with E-state index in [2.05, 4.69) is 10.3 Å². The number of halogens is 3. The number of benzene rings is 1.